The lowest BCUT2D eigenvalue weighted by atomic mass is 9.77. The Kier molecular flexibility index (Phi) is 7.84. The van der Waals surface area contributed by atoms with Crippen molar-refractivity contribution >= 4 is 11.9 Å². The molecular formula is C22H33NO4. The SMILES string of the molecule is CC(C)(C)OCCC(NC(=O)CC1CCC(c2ccccc2)CC1)C(=O)O. The fraction of sp³-hybridized carbons (Fsp3) is 0.636. The van der Waals surface area contributed by atoms with E-state index in [2.05, 4.69) is 29.6 Å². The lowest BCUT2D eigenvalue weighted by molar-refractivity contribution is -0.143. The standard InChI is InChI=1S/C22H33NO4/c1-22(2,3)27-14-13-19(21(25)26)23-20(24)15-16-9-11-18(12-10-16)17-7-5-4-6-8-17/h4-8,16,18-19H,9-15H2,1-3H3,(H,23,24)(H,25,26). The van der Waals surface area contributed by atoms with Crippen LogP contribution in [0.2, 0.25) is 0 Å². The topological polar surface area (TPSA) is 75.6 Å². The smallest absolute Gasteiger partial charge is 0.326 e. The molecule has 1 aromatic rings. The maximum absolute atomic E-state index is 12.3. The molecule has 1 aliphatic carbocycles. The van der Waals surface area contributed by atoms with E-state index in [0.717, 1.165) is 25.7 Å². The highest BCUT2D eigenvalue weighted by molar-refractivity contribution is 5.83. The minimum Gasteiger partial charge on any atom is -0.480 e. The van der Waals surface area contributed by atoms with Gasteiger partial charge >= 0.3 is 5.97 Å². The molecule has 1 unspecified atom stereocenters. The molecule has 0 spiro atoms. The van der Waals surface area contributed by atoms with E-state index in [-0.39, 0.29) is 17.9 Å². The minimum absolute atomic E-state index is 0.165. The van der Waals surface area contributed by atoms with E-state index in [0.29, 0.717) is 24.9 Å². The van der Waals surface area contributed by atoms with Gasteiger partial charge in [-0.15, -0.1) is 0 Å². The third-order valence-corrected chi connectivity index (χ3v) is 5.17. The lowest BCUT2D eigenvalue weighted by Crippen LogP contribution is -2.42. The van der Waals surface area contributed by atoms with Crippen molar-refractivity contribution in [3.8, 4) is 0 Å². The largest absolute Gasteiger partial charge is 0.480 e. The van der Waals surface area contributed by atoms with Gasteiger partial charge < -0.3 is 15.2 Å². The van der Waals surface area contributed by atoms with Gasteiger partial charge in [-0.1, -0.05) is 30.3 Å². The van der Waals surface area contributed by atoms with Gasteiger partial charge in [0.05, 0.1) is 5.60 Å². The van der Waals surface area contributed by atoms with Crippen molar-refractivity contribution in [3.63, 3.8) is 0 Å². The Hall–Kier alpha value is -1.88. The first-order valence-corrected chi connectivity index (χ1v) is 9.95. The number of carboxylic acids is 1. The van der Waals surface area contributed by atoms with Gasteiger partial charge in [0.15, 0.2) is 0 Å². The van der Waals surface area contributed by atoms with Gasteiger partial charge in [-0.25, -0.2) is 4.79 Å². The number of carbonyl (C=O) groups excluding carboxylic acids is 1. The molecule has 0 aromatic heterocycles. The molecule has 2 rings (SSSR count). The highest BCUT2D eigenvalue weighted by Gasteiger charge is 2.26. The minimum atomic E-state index is -1.01. The molecule has 1 aliphatic rings. The molecule has 5 nitrogen and oxygen atoms in total. The van der Waals surface area contributed by atoms with Crippen LogP contribution in [0.4, 0.5) is 0 Å². The number of rotatable bonds is 8. The van der Waals surface area contributed by atoms with E-state index >= 15 is 0 Å². The summed E-state index contributed by atoms with van der Waals surface area (Å²) in [6.45, 7) is 6.08. The van der Waals surface area contributed by atoms with Crippen LogP contribution in [0.3, 0.4) is 0 Å². The van der Waals surface area contributed by atoms with E-state index in [9.17, 15) is 14.7 Å². The highest BCUT2D eigenvalue weighted by Crippen LogP contribution is 2.36. The van der Waals surface area contributed by atoms with Crippen LogP contribution in [0.5, 0.6) is 0 Å². The number of hydrogen-bond donors (Lipinski definition) is 2. The number of aliphatic carboxylic acids is 1. The van der Waals surface area contributed by atoms with Crippen LogP contribution in [-0.4, -0.2) is 35.2 Å². The first-order valence-electron chi connectivity index (χ1n) is 9.95. The Balaban J connectivity index is 1.75. The summed E-state index contributed by atoms with van der Waals surface area (Å²) >= 11 is 0. The molecule has 2 N–H and O–H groups in total. The van der Waals surface area contributed by atoms with Crippen molar-refractivity contribution in [1.82, 2.24) is 5.32 Å². The second-order valence-electron chi connectivity index (χ2n) is 8.54. The van der Waals surface area contributed by atoms with Crippen LogP contribution < -0.4 is 5.32 Å². The molecule has 0 radical (unpaired) electrons. The van der Waals surface area contributed by atoms with E-state index in [4.69, 9.17) is 4.74 Å². The van der Waals surface area contributed by atoms with Crippen molar-refractivity contribution in [2.75, 3.05) is 6.61 Å². The van der Waals surface area contributed by atoms with Gasteiger partial charge in [-0.05, 0) is 63.9 Å². The molecular weight excluding hydrogens is 342 g/mol. The van der Waals surface area contributed by atoms with Gasteiger partial charge in [0.1, 0.15) is 6.04 Å². The summed E-state index contributed by atoms with van der Waals surface area (Å²) in [5, 5.41) is 12.0. The number of carbonyl (C=O) groups is 2. The zero-order chi connectivity index (χ0) is 19.9. The van der Waals surface area contributed by atoms with Crippen molar-refractivity contribution in [2.24, 2.45) is 5.92 Å². The van der Waals surface area contributed by atoms with E-state index in [1.54, 1.807) is 0 Å². The molecule has 0 saturated heterocycles. The van der Waals surface area contributed by atoms with Crippen LogP contribution in [0, 0.1) is 5.92 Å². The van der Waals surface area contributed by atoms with Crippen LogP contribution in [-0.2, 0) is 14.3 Å². The van der Waals surface area contributed by atoms with E-state index in [1.165, 1.54) is 5.56 Å². The molecule has 1 saturated carbocycles. The first-order chi connectivity index (χ1) is 12.7. The third-order valence-electron chi connectivity index (χ3n) is 5.17. The maximum atomic E-state index is 12.3. The predicted molar refractivity (Wildman–Crippen MR) is 106 cm³/mol. The molecule has 1 aromatic carbocycles. The summed E-state index contributed by atoms with van der Waals surface area (Å²) in [5.41, 5.74) is 1.06. The molecule has 0 aliphatic heterocycles. The van der Waals surface area contributed by atoms with Crippen molar-refractivity contribution in [3.05, 3.63) is 35.9 Å². The molecule has 0 bridgehead atoms. The van der Waals surface area contributed by atoms with Crippen molar-refractivity contribution in [2.45, 2.75) is 76.9 Å². The zero-order valence-electron chi connectivity index (χ0n) is 16.7. The lowest BCUT2D eigenvalue weighted by Gasteiger charge is -2.29. The van der Waals surface area contributed by atoms with Crippen LogP contribution in [0.1, 0.15) is 70.8 Å². The van der Waals surface area contributed by atoms with E-state index in [1.807, 2.05) is 26.8 Å². The fourth-order valence-electron chi connectivity index (χ4n) is 3.68. The molecule has 5 heteroatoms. The van der Waals surface area contributed by atoms with Gasteiger partial charge in [0.2, 0.25) is 5.91 Å². The second kappa shape index (κ2) is 9.88. The monoisotopic (exact) mass is 375 g/mol. The number of hydrogen-bond acceptors (Lipinski definition) is 3. The molecule has 27 heavy (non-hydrogen) atoms. The second-order valence-corrected chi connectivity index (χ2v) is 8.54. The summed E-state index contributed by atoms with van der Waals surface area (Å²) in [6, 6.07) is 9.64. The Morgan fingerprint density at radius 2 is 1.78 bits per heavy atom. The zero-order valence-corrected chi connectivity index (χ0v) is 16.7. The number of ether oxygens (including phenoxy) is 1. The number of carboxylic acid groups (broad SMARTS) is 1. The Morgan fingerprint density at radius 1 is 1.15 bits per heavy atom. The molecule has 0 heterocycles. The van der Waals surface area contributed by atoms with Crippen LogP contribution in [0.25, 0.3) is 0 Å². The Bertz CT molecular complexity index is 600. The average Bonchev–Trinajstić information content (AvgIpc) is 2.61. The summed E-state index contributed by atoms with van der Waals surface area (Å²) in [7, 11) is 0. The van der Waals surface area contributed by atoms with Crippen LogP contribution >= 0.6 is 0 Å². The summed E-state index contributed by atoms with van der Waals surface area (Å²) < 4.78 is 5.58. The van der Waals surface area contributed by atoms with Crippen molar-refractivity contribution in [1.29, 1.82) is 0 Å². The normalized spacial score (nSPS) is 21.4. The molecule has 1 amide bonds. The Morgan fingerprint density at radius 3 is 2.33 bits per heavy atom. The van der Waals surface area contributed by atoms with E-state index < -0.39 is 12.0 Å². The van der Waals surface area contributed by atoms with Gasteiger partial charge in [0, 0.05) is 19.4 Å². The fourth-order valence-corrected chi connectivity index (χ4v) is 3.68. The maximum Gasteiger partial charge on any atom is 0.326 e. The quantitative estimate of drug-likeness (QED) is 0.716. The van der Waals surface area contributed by atoms with Gasteiger partial charge in [-0.2, -0.15) is 0 Å². The molecule has 150 valence electrons. The highest BCUT2D eigenvalue weighted by atomic mass is 16.5. The third kappa shape index (κ3) is 7.71. The van der Waals surface area contributed by atoms with Crippen molar-refractivity contribution < 1.29 is 19.4 Å². The predicted octanol–water partition coefficient (Wildman–Crippen LogP) is 4.13. The number of nitrogens with one attached hydrogen (secondary N) is 1. The summed E-state index contributed by atoms with van der Waals surface area (Å²) in [6.07, 6.45) is 4.88. The van der Waals surface area contributed by atoms with Gasteiger partial charge in [0.25, 0.3) is 0 Å². The van der Waals surface area contributed by atoms with Gasteiger partial charge in [-0.3, -0.25) is 4.79 Å². The number of amides is 1. The molecule has 1 atom stereocenters. The summed E-state index contributed by atoms with van der Waals surface area (Å²) in [4.78, 5) is 23.7. The van der Waals surface area contributed by atoms with Crippen LogP contribution in [0.15, 0.2) is 30.3 Å². The summed E-state index contributed by atoms with van der Waals surface area (Å²) in [5.74, 6) is -0.257. The Labute approximate surface area is 162 Å². The average molecular weight is 376 g/mol. The molecule has 1 fully saturated rings. The first kappa shape index (κ1) is 21.4. The number of benzene rings is 1.